The Morgan fingerprint density at radius 3 is 2.11 bits per heavy atom. The first kappa shape index (κ1) is 23.9. The Kier molecular flexibility index (Phi) is 7.82. The van der Waals surface area contributed by atoms with Crippen LogP contribution in [0, 0.1) is 5.92 Å². The molecule has 1 unspecified atom stereocenters. The molecule has 0 fully saturated rings. The topological polar surface area (TPSA) is 0 Å². The average Bonchev–Trinajstić information content (AvgIpc) is 3.08. The normalized spacial score (nSPS) is 16.9. The largest absolute Gasteiger partial charge is 0.147 e. The summed E-state index contributed by atoms with van der Waals surface area (Å²) in [5.74, 6) is 0.569. The molecule has 0 heterocycles. The summed E-state index contributed by atoms with van der Waals surface area (Å²) in [4.78, 5) is 0. The van der Waals surface area contributed by atoms with Gasteiger partial charge in [0.1, 0.15) is 0 Å². The van der Waals surface area contributed by atoms with Crippen molar-refractivity contribution < 1.29 is 21.9 Å². The summed E-state index contributed by atoms with van der Waals surface area (Å²) in [6.45, 7) is 14.4. The molecule has 1 atom stereocenters. The van der Waals surface area contributed by atoms with Crippen LogP contribution in [0.1, 0.15) is 44.4 Å². The van der Waals surface area contributed by atoms with Crippen molar-refractivity contribution in [2.24, 2.45) is 5.92 Å². The second kappa shape index (κ2) is 9.17. The fourth-order valence-corrected chi connectivity index (χ4v) is 12.3. The molecule has 28 heavy (non-hydrogen) atoms. The van der Waals surface area contributed by atoms with Crippen molar-refractivity contribution in [3.8, 4) is 11.1 Å². The van der Waals surface area contributed by atoms with E-state index in [2.05, 4.69) is 77.2 Å². The maximum atomic E-state index is 2.52. The van der Waals surface area contributed by atoms with E-state index in [1.165, 1.54) is 27.8 Å². The molecule has 2 aliphatic carbocycles. The molecule has 0 bridgehead atoms. The maximum Gasteiger partial charge on any atom is -0.147 e. The van der Waals surface area contributed by atoms with Crippen LogP contribution in [-0.4, -0.2) is 5.43 Å². The van der Waals surface area contributed by atoms with Gasteiger partial charge in [-0.2, -0.15) is 0 Å². The third-order valence-electron chi connectivity index (χ3n) is 6.29. The van der Waals surface area contributed by atoms with Gasteiger partial charge in [0.05, 0.1) is 0 Å². The van der Waals surface area contributed by atoms with E-state index in [0.717, 1.165) is 6.42 Å². The van der Waals surface area contributed by atoms with Crippen molar-refractivity contribution in [3.05, 3.63) is 69.8 Å². The summed E-state index contributed by atoms with van der Waals surface area (Å²) < 4.78 is 1.81. The molecular formula is C24H29Cl2SiZr. The third kappa shape index (κ3) is 3.83. The molecule has 0 amide bonds. The number of fused-ring (bicyclic) bond motifs is 3. The van der Waals surface area contributed by atoms with E-state index in [0.29, 0.717) is 5.92 Å². The molecule has 0 N–H and O–H groups in total. The monoisotopic (exact) mass is 505 g/mol. The van der Waals surface area contributed by atoms with Gasteiger partial charge in [-0.15, -0.1) is 24.8 Å². The Morgan fingerprint density at radius 1 is 0.857 bits per heavy atom. The first-order valence-corrected chi connectivity index (χ1v) is 17.0. The van der Waals surface area contributed by atoms with Crippen LogP contribution in [0.4, 0.5) is 0 Å². The Morgan fingerprint density at radius 2 is 1.50 bits per heavy atom. The summed E-state index contributed by atoms with van der Waals surface area (Å²) in [5, 5.41) is 0. The van der Waals surface area contributed by atoms with Crippen molar-refractivity contribution in [3.63, 3.8) is 0 Å². The Labute approximate surface area is 193 Å². The molecule has 0 spiro atoms. The molecule has 0 nitrogen and oxygen atoms in total. The minimum absolute atomic E-state index is 0. The summed E-state index contributed by atoms with van der Waals surface area (Å²) in [6.07, 6.45) is 1.15. The SMILES string of the molecule is CC1=C(C)C(C)C(c2ccc3c([c]2[Zr]=[Si](C)C)Cc2ccccc2-3)=C1C.Cl.Cl. The van der Waals surface area contributed by atoms with Gasteiger partial charge in [-0.05, 0) is 0 Å². The van der Waals surface area contributed by atoms with E-state index in [1.54, 1.807) is 22.3 Å². The summed E-state index contributed by atoms with van der Waals surface area (Å²) >= 11 is -0.534. The van der Waals surface area contributed by atoms with Crippen molar-refractivity contribution >= 4 is 39.1 Å². The smallest absolute Gasteiger partial charge is 0.147 e. The number of allylic oxidation sites excluding steroid dienone is 4. The van der Waals surface area contributed by atoms with Crippen LogP contribution in [0.15, 0.2) is 53.1 Å². The number of halogens is 2. The van der Waals surface area contributed by atoms with E-state index >= 15 is 0 Å². The van der Waals surface area contributed by atoms with Gasteiger partial charge in [0, 0.05) is 0 Å². The molecule has 147 valence electrons. The molecule has 0 radical (unpaired) electrons. The van der Waals surface area contributed by atoms with Crippen LogP contribution in [-0.2, 0) is 28.3 Å². The molecule has 0 saturated heterocycles. The van der Waals surface area contributed by atoms with Crippen molar-refractivity contribution in [2.45, 2.75) is 47.2 Å². The minimum Gasteiger partial charge on any atom is -0.147 e. The summed E-state index contributed by atoms with van der Waals surface area (Å²) in [5.41, 5.74) is 13.9. The Balaban J connectivity index is 0.00000140. The fraction of sp³-hybridized carbons (Fsp3) is 0.333. The van der Waals surface area contributed by atoms with Crippen LogP contribution in [0.5, 0.6) is 0 Å². The van der Waals surface area contributed by atoms with Gasteiger partial charge in [-0.3, -0.25) is 0 Å². The second-order valence-electron chi connectivity index (χ2n) is 8.04. The first-order valence-electron chi connectivity index (χ1n) is 9.60. The number of hydrogen-bond acceptors (Lipinski definition) is 0. The maximum absolute atomic E-state index is 2.52. The van der Waals surface area contributed by atoms with Crippen LogP contribution in [0.25, 0.3) is 16.7 Å². The first-order chi connectivity index (χ1) is 12.4. The zero-order valence-electron chi connectivity index (χ0n) is 17.6. The zero-order valence-corrected chi connectivity index (χ0v) is 22.7. The van der Waals surface area contributed by atoms with Gasteiger partial charge in [-0.25, -0.2) is 0 Å². The molecule has 2 aromatic rings. The molecule has 0 aliphatic heterocycles. The Bertz CT molecular complexity index is 1030. The van der Waals surface area contributed by atoms with Gasteiger partial charge in [0.15, 0.2) is 0 Å². The van der Waals surface area contributed by atoms with Crippen LogP contribution >= 0.6 is 24.8 Å². The fourth-order valence-electron chi connectivity index (χ4n) is 4.63. The number of benzene rings is 2. The van der Waals surface area contributed by atoms with Crippen LogP contribution < -0.4 is 3.27 Å². The molecule has 0 saturated carbocycles. The molecule has 2 aliphatic rings. The average molecular weight is 508 g/mol. The molecular weight excluding hydrogens is 478 g/mol. The van der Waals surface area contributed by atoms with Crippen molar-refractivity contribution in [1.29, 1.82) is 0 Å². The molecule has 4 rings (SSSR count). The van der Waals surface area contributed by atoms with Gasteiger partial charge in [-0.1, -0.05) is 0 Å². The standard InChI is InChI=1S/C22H21.C2H6Si.2ClH.Zr/c1-13-14(2)16(4)22(15(13)3)18-9-10-21-19(12-18)11-17-7-5-6-8-20(17)21;1-3-2;;;/h5-10,15H,11H2,1-4H3;1-2H3;2*1H;. The summed E-state index contributed by atoms with van der Waals surface area (Å²) in [7, 11) is 0. The summed E-state index contributed by atoms with van der Waals surface area (Å²) in [6, 6.07) is 13.9. The quantitative estimate of drug-likeness (QED) is 0.334. The van der Waals surface area contributed by atoms with E-state index < -0.39 is 21.9 Å². The van der Waals surface area contributed by atoms with E-state index in [-0.39, 0.29) is 30.2 Å². The van der Waals surface area contributed by atoms with E-state index in [9.17, 15) is 0 Å². The Hall–Kier alpha value is -0.400. The van der Waals surface area contributed by atoms with Gasteiger partial charge in [0.25, 0.3) is 0 Å². The predicted octanol–water partition coefficient (Wildman–Crippen LogP) is 6.82. The van der Waals surface area contributed by atoms with Crippen molar-refractivity contribution in [1.82, 2.24) is 0 Å². The molecule has 2 aromatic carbocycles. The molecule has 4 heteroatoms. The third-order valence-corrected chi connectivity index (χ3v) is 14.0. The van der Waals surface area contributed by atoms with Crippen molar-refractivity contribution in [2.75, 3.05) is 0 Å². The van der Waals surface area contributed by atoms with E-state index in [4.69, 9.17) is 0 Å². The second-order valence-corrected chi connectivity index (χ2v) is 20.7. The zero-order chi connectivity index (χ0) is 18.6. The van der Waals surface area contributed by atoms with Crippen LogP contribution in [0.2, 0.25) is 13.1 Å². The number of hydrogen-bond donors (Lipinski definition) is 0. The van der Waals surface area contributed by atoms with Gasteiger partial charge in [0.2, 0.25) is 0 Å². The van der Waals surface area contributed by atoms with E-state index in [1.807, 2.05) is 3.27 Å². The van der Waals surface area contributed by atoms with Gasteiger partial charge >= 0.3 is 170 Å². The minimum atomic E-state index is -0.534. The molecule has 0 aromatic heterocycles. The van der Waals surface area contributed by atoms with Crippen LogP contribution in [0.3, 0.4) is 0 Å². The predicted molar refractivity (Wildman–Crippen MR) is 126 cm³/mol. The van der Waals surface area contributed by atoms with Gasteiger partial charge < -0.3 is 0 Å². The number of rotatable bonds is 2.